The van der Waals surface area contributed by atoms with Crippen LogP contribution in [0.5, 0.6) is 0 Å². The monoisotopic (exact) mass is 328 g/mol. The van der Waals surface area contributed by atoms with Crippen LogP contribution in [0.2, 0.25) is 5.02 Å². The number of nitrogens with zero attached hydrogens (tertiary/aromatic N) is 1. The molecule has 1 aromatic carbocycles. The first-order chi connectivity index (χ1) is 9.58. The van der Waals surface area contributed by atoms with E-state index in [1.165, 1.54) is 0 Å². The van der Waals surface area contributed by atoms with Gasteiger partial charge in [0.15, 0.2) is 5.76 Å². The van der Waals surface area contributed by atoms with Gasteiger partial charge in [0, 0.05) is 41.6 Å². The highest BCUT2D eigenvalue weighted by atomic mass is 35.5. The number of fused-ring (bicyclic) bond motifs is 1. The summed E-state index contributed by atoms with van der Waals surface area (Å²) in [5.41, 5.74) is 1.57. The van der Waals surface area contributed by atoms with E-state index in [0.717, 1.165) is 24.0 Å². The average Bonchev–Trinajstić information content (AvgIpc) is 2.76. The van der Waals surface area contributed by atoms with Crippen LogP contribution < -0.4 is 5.32 Å². The number of halogens is 2. The largest absolute Gasteiger partial charge is 0.451 e. The van der Waals surface area contributed by atoms with Crippen molar-refractivity contribution in [1.29, 1.82) is 0 Å². The first-order valence-corrected chi connectivity index (χ1v) is 7.16. The number of amides is 1. The van der Waals surface area contributed by atoms with Gasteiger partial charge >= 0.3 is 0 Å². The number of carbonyl (C=O) groups is 1. The van der Waals surface area contributed by atoms with Crippen molar-refractivity contribution in [1.82, 2.24) is 10.2 Å². The fourth-order valence-electron chi connectivity index (χ4n) is 2.67. The van der Waals surface area contributed by atoms with Crippen LogP contribution in [0.25, 0.3) is 11.0 Å². The van der Waals surface area contributed by atoms with Gasteiger partial charge in [0.1, 0.15) is 5.58 Å². The highest BCUT2D eigenvalue weighted by molar-refractivity contribution is 6.31. The number of furan rings is 1. The van der Waals surface area contributed by atoms with E-state index in [-0.39, 0.29) is 24.4 Å². The molecule has 0 aliphatic carbocycles. The zero-order chi connectivity index (χ0) is 14.3. The van der Waals surface area contributed by atoms with Crippen molar-refractivity contribution in [3.8, 4) is 0 Å². The van der Waals surface area contributed by atoms with Gasteiger partial charge in [-0.2, -0.15) is 0 Å². The van der Waals surface area contributed by atoms with Crippen molar-refractivity contribution >= 4 is 40.9 Å². The lowest BCUT2D eigenvalue weighted by atomic mass is 10.1. The molecule has 1 atom stereocenters. The Balaban J connectivity index is 0.00000161. The summed E-state index contributed by atoms with van der Waals surface area (Å²) in [6, 6.07) is 5.60. The highest BCUT2D eigenvalue weighted by Gasteiger charge is 2.28. The topological polar surface area (TPSA) is 45.5 Å². The summed E-state index contributed by atoms with van der Waals surface area (Å²) in [5, 5.41) is 4.83. The summed E-state index contributed by atoms with van der Waals surface area (Å²) >= 11 is 6.01. The van der Waals surface area contributed by atoms with E-state index in [2.05, 4.69) is 5.32 Å². The predicted octanol–water partition coefficient (Wildman–Crippen LogP) is 3.25. The SMILES string of the molecule is Cc1c(C(=O)N2CCNC[C@@H]2C)oc2ccc(Cl)cc12.Cl. The molecular weight excluding hydrogens is 311 g/mol. The predicted molar refractivity (Wildman–Crippen MR) is 86.6 cm³/mol. The third-order valence-corrected chi connectivity index (χ3v) is 4.09. The second-order valence-corrected chi connectivity index (χ2v) is 5.68. The number of hydrogen-bond donors (Lipinski definition) is 1. The quantitative estimate of drug-likeness (QED) is 0.874. The Bertz CT molecular complexity index is 669. The minimum atomic E-state index is -0.0381. The van der Waals surface area contributed by atoms with E-state index < -0.39 is 0 Å². The second-order valence-electron chi connectivity index (χ2n) is 5.25. The lowest BCUT2D eigenvalue weighted by molar-refractivity contribution is 0.0624. The molecule has 2 heterocycles. The molecule has 21 heavy (non-hydrogen) atoms. The number of rotatable bonds is 1. The van der Waals surface area contributed by atoms with Gasteiger partial charge in [0.25, 0.3) is 5.91 Å². The molecule has 0 radical (unpaired) electrons. The molecule has 1 aliphatic heterocycles. The molecule has 4 nitrogen and oxygen atoms in total. The number of carbonyl (C=O) groups excluding carboxylic acids is 1. The molecule has 1 aliphatic rings. The zero-order valence-corrected chi connectivity index (χ0v) is 13.6. The summed E-state index contributed by atoms with van der Waals surface area (Å²) in [4.78, 5) is 14.5. The van der Waals surface area contributed by atoms with Crippen LogP contribution in [0.4, 0.5) is 0 Å². The molecule has 3 rings (SSSR count). The zero-order valence-electron chi connectivity index (χ0n) is 12.0. The Kier molecular flexibility index (Phi) is 4.81. The van der Waals surface area contributed by atoms with Crippen molar-refractivity contribution < 1.29 is 9.21 Å². The summed E-state index contributed by atoms with van der Waals surface area (Å²) in [5.74, 6) is 0.389. The van der Waals surface area contributed by atoms with Crippen LogP contribution >= 0.6 is 24.0 Å². The molecule has 1 N–H and O–H groups in total. The van der Waals surface area contributed by atoms with E-state index in [1.54, 1.807) is 6.07 Å². The van der Waals surface area contributed by atoms with Crippen molar-refractivity contribution in [2.24, 2.45) is 0 Å². The van der Waals surface area contributed by atoms with Gasteiger partial charge in [-0.15, -0.1) is 12.4 Å². The van der Waals surface area contributed by atoms with Crippen molar-refractivity contribution in [2.75, 3.05) is 19.6 Å². The molecule has 0 unspecified atom stereocenters. The normalized spacial score (nSPS) is 18.6. The van der Waals surface area contributed by atoms with Crippen molar-refractivity contribution in [3.63, 3.8) is 0 Å². The lowest BCUT2D eigenvalue weighted by Gasteiger charge is -2.33. The summed E-state index contributed by atoms with van der Waals surface area (Å²) in [6.07, 6.45) is 0. The number of nitrogens with one attached hydrogen (secondary N) is 1. The lowest BCUT2D eigenvalue weighted by Crippen LogP contribution is -2.52. The number of piperazine rings is 1. The van der Waals surface area contributed by atoms with Crippen LogP contribution in [0.15, 0.2) is 22.6 Å². The highest BCUT2D eigenvalue weighted by Crippen LogP contribution is 2.29. The first kappa shape index (κ1) is 16.1. The Labute approximate surface area is 134 Å². The molecule has 1 saturated heterocycles. The van der Waals surface area contributed by atoms with Gasteiger partial charge in [-0.05, 0) is 32.0 Å². The molecule has 114 valence electrons. The fraction of sp³-hybridized carbons (Fsp3) is 0.400. The molecule has 0 spiro atoms. The molecule has 0 bridgehead atoms. The first-order valence-electron chi connectivity index (χ1n) is 6.78. The number of aryl methyl sites for hydroxylation is 1. The van der Waals surface area contributed by atoms with Crippen molar-refractivity contribution in [3.05, 3.63) is 34.5 Å². The minimum absolute atomic E-state index is 0. The van der Waals surface area contributed by atoms with Gasteiger partial charge in [-0.25, -0.2) is 0 Å². The number of benzene rings is 1. The van der Waals surface area contributed by atoms with Crippen LogP contribution in [-0.4, -0.2) is 36.5 Å². The summed E-state index contributed by atoms with van der Waals surface area (Å²) in [7, 11) is 0. The maximum Gasteiger partial charge on any atom is 0.290 e. The van der Waals surface area contributed by atoms with Crippen LogP contribution in [-0.2, 0) is 0 Å². The van der Waals surface area contributed by atoms with Gasteiger partial charge in [0.05, 0.1) is 0 Å². The Hall–Kier alpha value is -1.23. The Morgan fingerprint density at radius 1 is 1.48 bits per heavy atom. The van der Waals surface area contributed by atoms with Crippen LogP contribution in [0.1, 0.15) is 23.0 Å². The molecule has 1 aromatic heterocycles. The minimum Gasteiger partial charge on any atom is -0.451 e. The van der Waals surface area contributed by atoms with Gasteiger partial charge < -0.3 is 14.6 Å². The molecule has 6 heteroatoms. The summed E-state index contributed by atoms with van der Waals surface area (Å²) in [6.45, 7) is 6.29. The standard InChI is InChI=1S/C15H17ClN2O2.ClH/c1-9-8-17-5-6-18(9)15(19)14-10(2)12-7-11(16)3-4-13(12)20-14;/h3-4,7,9,17H,5-6,8H2,1-2H3;1H/t9-;/m0./s1. The number of hydrogen-bond acceptors (Lipinski definition) is 3. The maximum atomic E-state index is 12.7. The second kappa shape index (κ2) is 6.26. The van der Waals surface area contributed by atoms with E-state index in [1.807, 2.05) is 30.9 Å². The summed E-state index contributed by atoms with van der Waals surface area (Å²) < 4.78 is 5.75. The maximum absolute atomic E-state index is 12.7. The van der Waals surface area contributed by atoms with Gasteiger partial charge in [-0.3, -0.25) is 4.79 Å². The van der Waals surface area contributed by atoms with E-state index >= 15 is 0 Å². The Morgan fingerprint density at radius 3 is 2.95 bits per heavy atom. The molecule has 1 fully saturated rings. The Morgan fingerprint density at radius 2 is 2.24 bits per heavy atom. The van der Waals surface area contributed by atoms with Gasteiger partial charge in [-0.1, -0.05) is 11.6 Å². The van der Waals surface area contributed by atoms with Crippen molar-refractivity contribution in [2.45, 2.75) is 19.9 Å². The fourth-order valence-corrected chi connectivity index (χ4v) is 2.84. The third kappa shape index (κ3) is 2.89. The average molecular weight is 329 g/mol. The molecule has 0 saturated carbocycles. The van der Waals surface area contributed by atoms with Gasteiger partial charge in [0.2, 0.25) is 0 Å². The third-order valence-electron chi connectivity index (χ3n) is 3.85. The van der Waals surface area contributed by atoms with Crippen LogP contribution in [0, 0.1) is 6.92 Å². The molecule has 1 amide bonds. The van der Waals surface area contributed by atoms with Crippen LogP contribution in [0.3, 0.4) is 0 Å². The van der Waals surface area contributed by atoms with E-state index in [9.17, 15) is 4.79 Å². The smallest absolute Gasteiger partial charge is 0.290 e. The van der Waals surface area contributed by atoms with E-state index in [4.69, 9.17) is 16.0 Å². The van der Waals surface area contributed by atoms with E-state index in [0.29, 0.717) is 22.9 Å². The molecule has 2 aromatic rings. The molecular formula is C15H18Cl2N2O2.